The molecule has 0 aromatic carbocycles. The Balaban J connectivity index is 2.23. The van der Waals surface area contributed by atoms with Crippen LogP contribution in [0.25, 0.3) is 0 Å². The van der Waals surface area contributed by atoms with Crippen molar-refractivity contribution in [2.24, 2.45) is 7.05 Å². The van der Waals surface area contributed by atoms with Gasteiger partial charge in [0.15, 0.2) is 0 Å². The zero-order valence-corrected chi connectivity index (χ0v) is 9.93. The van der Waals surface area contributed by atoms with Gasteiger partial charge in [0, 0.05) is 19.2 Å². The zero-order chi connectivity index (χ0) is 12.6. The molecule has 1 N–H and O–H groups in total. The van der Waals surface area contributed by atoms with Gasteiger partial charge in [-0.15, -0.1) is 0 Å². The molecule has 1 aromatic rings. The van der Waals surface area contributed by atoms with Crippen LogP contribution in [0.3, 0.4) is 0 Å². The number of carbonyl (C=O) groups is 1. The summed E-state index contributed by atoms with van der Waals surface area (Å²) in [4.78, 5) is 13.6. The van der Waals surface area contributed by atoms with Gasteiger partial charge in [0.1, 0.15) is 6.17 Å². The van der Waals surface area contributed by atoms with Crippen molar-refractivity contribution in [3.05, 3.63) is 17.5 Å². The summed E-state index contributed by atoms with van der Waals surface area (Å²) in [5, 5.41) is 13.1. The highest BCUT2D eigenvalue weighted by molar-refractivity contribution is 5.95. The second-order valence-electron chi connectivity index (χ2n) is 4.39. The molecule has 17 heavy (non-hydrogen) atoms. The lowest BCUT2D eigenvalue weighted by atomic mass is 10.2. The third-order valence-corrected chi connectivity index (χ3v) is 3.30. The molecule has 1 aliphatic heterocycles. The molecule has 0 saturated carbocycles. The van der Waals surface area contributed by atoms with Crippen molar-refractivity contribution < 1.29 is 14.3 Å². The number of nitrogens with zero attached hydrogens (tertiary/aromatic N) is 3. The van der Waals surface area contributed by atoms with Gasteiger partial charge in [-0.25, -0.2) is 4.39 Å². The highest BCUT2D eigenvalue weighted by atomic mass is 19.1. The van der Waals surface area contributed by atoms with Crippen LogP contribution < -0.4 is 0 Å². The van der Waals surface area contributed by atoms with Crippen LogP contribution >= 0.6 is 0 Å². The first kappa shape index (κ1) is 12.0. The number of hydrogen-bond donors (Lipinski definition) is 1. The van der Waals surface area contributed by atoms with Crippen LogP contribution in [-0.4, -0.2) is 51.1 Å². The fourth-order valence-corrected chi connectivity index (χ4v) is 2.14. The van der Waals surface area contributed by atoms with Crippen molar-refractivity contribution in [2.45, 2.75) is 25.6 Å². The molecule has 2 atom stereocenters. The summed E-state index contributed by atoms with van der Waals surface area (Å²) >= 11 is 0. The topological polar surface area (TPSA) is 58.4 Å². The maximum Gasteiger partial charge on any atom is 0.257 e. The van der Waals surface area contributed by atoms with Crippen molar-refractivity contribution in [3.63, 3.8) is 0 Å². The molecule has 1 saturated heterocycles. The van der Waals surface area contributed by atoms with Crippen molar-refractivity contribution in [1.82, 2.24) is 14.7 Å². The molecule has 0 radical (unpaired) electrons. The Hall–Kier alpha value is -1.43. The summed E-state index contributed by atoms with van der Waals surface area (Å²) in [6, 6.07) is -0.419. The van der Waals surface area contributed by atoms with Crippen molar-refractivity contribution in [2.75, 3.05) is 13.2 Å². The van der Waals surface area contributed by atoms with E-state index in [1.165, 1.54) is 11.1 Å². The number of halogens is 1. The van der Waals surface area contributed by atoms with E-state index in [-0.39, 0.29) is 25.5 Å². The Kier molecular flexibility index (Phi) is 3.15. The summed E-state index contributed by atoms with van der Waals surface area (Å²) in [7, 11) is 1.75. The van der Waals surface area contributed by atoms with E-state index in [2.05, 4.69) is 5.10 Å². The Morgan fingerprint density at radius 2 is 2.41 bits per heavy atom. The minimum absolute atomic E-state index is 0.0540. The smallest absolute Gasteiger partial charge is 0.257 e. The lowest BCUT2D eigenvalue weighted by Gasteiger charge is -2.22. The first-order chi connectivity index (χ1) is 8.04. The Morgan fingerprint density at radius 1 is 1.71 bits per heavy atom. The Morgan fingerprint density at radius 3 is 2.94 bits per heavy atom. The van der Waals surface area contributed by atoms with Crippen LogP contribution in [-0.2, 0) is 7.05 Å². The fraction of sp³-hybridized carbons (Fsp3) is 0.636. The predicted molar refractivity (Wildman–Crippen MR) is 59.4 cm³/mol. The maximum atomic E-state index is 13.3. The van der Waals surface area contributed by atoms with Gasteiger partial charge in [0.25, 0.3) is 5.91 Å². The van der Waals surface area contributed by atoms with Crippen molar-refractivity contribution in [1.29, 1.82) is 0 Å². The van der Waals surface area contributed by atoms with Gasteiger partial charge >= 0.3 is 0 Å². The minimum atomic E-state index is -1.05. The average Bonchev–Trinajstić information content (AvgIpc) is 2.83. The Bertz CT molecular complexity index is 432. The van der Waals surface area contributed by atoms with Gasteiger partial charge in [-0.3, -0.25) is 9.48 Å². The fourth-order valence-electron chi connectivity index (χ4n) is 2.14. The van der Waals surface area contributed by atoms with Crippen LogP contribution in [0.15, 0.2) is 6.20 Å². The van der Waals surface area contributed by atoms with E-state index in [4.69, 9.17) is 5.11 Å². The molecule has 1 amide bonds. The van der Waals surface area contributed by atoms with Gasteiger partial charge in [0.05, 0.1) is 31.0 Å². The molecule has 2 heterocycles. The molecular formula is C11H16FN3O2. The van der Waals surface area contributed by atoms with E-state index in [1.54, 1.807) is 18.7 Å². The van der Waals surface area contributed by atoms with Gasteiger partial charge < -0.3 is 10.0 Å². The normalized spacial score (nSPS) is 24.4. The van der Waals surface area contributed by atoms with Gasteiger partial charge in [0.2, 0.25) is 0 Å². The molecule has 94 valence electrons. The highest BCUT2D eigenvalue weighted by Gasteiger charge is 2.36. The second kappa shape index (κ2) is 4.44. The summed E-state index contributed by atoms with van der Waals surface area (Å²) in [5.74, 6) is -0.255. The van der Waals surface area contributed by atoms with E-state index in [0.717, 1.165) is 5.69 Å². The van der Waals surface area contributed by atoms with Gasteiger partial charge in [-0.05, 0) is 6.92 Å². The molecule has 0 spiro atoms. The van der Waals surface area contributed by atoms with E-state index >= 15 is 0 Å². The zero-order valence-electron chi connectivity index (χ0n) is 9.93. The number of aromatic nitrogens is 2. The molecule has 6 heteroatoms. The van der Waals surface area contributed by atoms with Gasteiger partial charge in [-0.2, -0.15) is 5.10 Å². The predicted octanol–water partition coefficient (Wildman–Crippen LogP) is 0.273. The third kappa shape index (κ3) is 2.04. The van der Waals surface area contributed by atoms with E-state index in [1.807, 2.05) is 0 Å². The molecule has 0 bridgehead atoms. The number of amides is 1. The Labute approximate surface area is 98.8 Å². The van der Waals surface area contributed by atoms with Crippen LogP contribution in [0.2, 0.25) is 0 Å². The first-order valence-corrected chi connectivity index (χ1v) is 5.59. The molecule has 5 nitrogen and oxygen atoms in total. The summed E-state index contributed by atoms with van der Waals surface area (Å²) < 4.78 is 14.9. The number of aliphatic hydroxyl groups excluding tert-OH is 1. The van der Waals surface area contributed by atoms with Gasteiger partial charge in [-0.1, -0.05) is 0 Å². The highest BCUT2D eigenvalue weighted by Crippen LogP contribution is 2.23. The summed E-state index contributed by atoms with van der Waals surface area (Å²) in [6.07, 6.45) is 0.646. The molecular weight excluding hydrogens is 225 g/mol. The molecule has 2 unspecified atom stereocenters. The third-order valence-electron chi connectivity index (χ3n) is 3.30. The first-order valence-electron chi connectivity index (χ1n) is 5.59. The number of hydrogen-bond acceptors (Lipinski definition) is 3. The largest absolute Gasteiger partial charge is 0.394 e. The number of alkyl halides is 1. The van der Waals surface area contributed by atoms with Crippen LogP contribution in [0.1, 0.15) is 22.5 Å². The lowest BCUT2D eigenvalue weighted by molar-refractivity contribution is 0.0672. The maximum absolute atomic E-state index is 13.3. The standard InChI is InChI=1S/C11H16FN3O2/c1-7-10(4-13-14(7)2)11(17)15-5-8(12)3-9(15)6-16/h4,8-9,16H,3,5-6H2,1-2H3. The molecule has 1 fully saturated rings. The van der Waals surface area contributed by atoms with Crippen LogP contribution in [0.5, 0.6) is 0 Å². The quantitative estimate of drug-likeness (QED) is 0.808. The minimum Gasteiger partial charge on any atom is -0.394 e. The van der Waals surface area contributed by atoms with Crippen LogP contribution in [0.4, 0.5) is 4.39 Å². The van der Waals surface area contributed by atoms with E-state index in [0.29, 0.717) is 5.56 Å². The summed E-state index contributed by atoms with van der Waals surface area (Å²) in [5.41, 5.74) is 1.22. The molecule has 1 aromatic heterocycles. The monoisotopic (exact) mass is 241 g/mol. The number of aryl methyl sites for hydroxylation is 1. The number of aliphatic hydroxyl groups is 1. The lowest BCUT2D eigenvalue weighted by Crippen LogP contribution is -2.38. The molecule has 0 aliphatic carbocycles. The number of carbonyl (C=O) groups excluding carboxylic acids is 1. The van der Waals surface area contributed by atoms with Crippen molar-refractivity contribution >= 4 is 5.91 Å². The average molecular weight is 241 g/mol. The van der Waals surface area contributed by atoms with Crippen LogP contribution in [0, 0.1) is 6.92 Å². The van der Waals surface area contributed by atoms with Crippen molar-refractivity contribution in [3.8, 4) is 0 Å². The number of likely N-dealkylation sites (tertiary alicyclic amines) is 1. The van der Waals surface area contributed by atoms with E-state index in [9.17, 15) is 9.18 Å². The second-order valence-corrected chi connectivity index (χ2v) is 4.39. The van der Waals surface area contributed by atoms with E-state index < -0.39 is 12.2 Å². The number of rotatable bonds is 2. The SMILES string of the molecule is Cc1c(C(=O)N2CC(F)CC2CO)cnn1C. The molecule has 1 aliphatic rings. The molecule has 2 rings (SSSR count). The summed E-state index contributed by atoms with van der Waals surface area (Å²) in [6.45, 7) is 1.64.